The number of Topliss-reactive ketones (excluding diaryl/α,β-unsaturated/α-hetero) is 1. The Labute approximate surface area is 178 Å². The Morgan fingerprint density at radius 2 is 1.74 bits per heavy atom. The van der Waals surface area contributed by atoms with Crippen LogP contribution in [0.15, 0.2) is 54.7 Å². The third-order valence-corrected chi connectivity index (χ3v) is 5.82. The molecule has 0 bridgehead atoms. The van der Waals surface area contributed by atoms with Crippen LogP contribution in [0.1, 0.15) is 48.0 Å². The zero-order chi connectivity index (χ0) is 22.0. The van der Waals surface area contributed by atoms with Crippen LogP contribution >= 0.6 is 0 Å². The van der Waals surface area contributed by atoms with Gasteiger partial charge in [0.15, 0.2) is 5.78 Å². The van der Waals surface area contributed by atoms with Crippen LogP contribution in [-0.4, -0.2) is 16.3 Å². The first-order valence-corrected chi connectivity index (χ1v) is 10.4. The number of aromatic nitrogens is 1. The lowest BCUT2D eigenvalue weighted by Gasteiger charge is -2.19. The van der Waals surface area contributed by atoms with Crippen molar-refractivity contribution in [3.05, 3.63) is 65.9 Å². The number of hydrogen-bond donors (Lipinski definition) is 1. The summed E-state index contributed by atoms with van der Waals surface area (Å²) < 4.78 is 40.4. The van der Waals surface area contributed by atoms with Crippen molar-refractivity contribution in [2.24, 2.45) is 5.92 Å². The molecule has 1 aliphatic rings. The van der Waals surface area contributed by atoms with Crippen molar-refractivity contribution in [1.29, 1.82) is 0 Å². The minimum absolute atomic E-state index is 0.00643. The van der Waals surface area contributed by atoms with Crippen molar-refractivity contribution in [1.82, 2.24) is 4.57 Å². The second-order valence-electron chi connectivity index (χ2n) is 8.01. The van der Waals surface area contributed by atoms with Crippen LogP contribution in [0.4, 0.5) is 18.9 Å². The van der Waals surface area contributed by atoms with Crippen molar-refractivity contribution < 1.29 is 22.8 Å². The van der Waals surface area contributed by atoms with Gasteiger partial charge in [0.05, 0.1) is 5.56 Å². The number of ketones is 1. The molecule has 1 N–H and O–H groups in total. The molecule has 0 spiro atoms. The fourth-order valence-corrected chi connectivity index (χ4v) is 4.29. The van der Waals surface area contributed by atoms with Gasteiger partial charge in [0.25, 0.3) is 0 Å². The number of halogens is 3. The Morgan fingerprint density at radius 1 is 1.00 bits per heavy atom. The van der Waals surface area contributed by atoms with Crippen LogP contribution in [0, 0.1) is 5.92 Å². The van der Waals surface area contributed by atoms with E-state index in [1.807, 2.05) is 24.3 Å². The van der Waals surface area contributed by atoms with Crippen LogP contribution in [0.25, 0.3) is 10.9 Å². The highest BCUT2D eigenvalue weighted by Crippen LogP contribution is 2.32. The van der Waals surface area contributed by atoms with E-state index in [9.17, 15) is 22.8 Å². The molecule has 0 saturated heterocycles. The lowest BCUT2D eigenvalue weighted by molar-refractivity contribution is -0.137. The van der Waals surface area contributed by atoms with Gasteiger partial charge in [0.1, 0.15) is 6.54 Å². The molecule has 31 heavy (non-hydrogen) atoms. The zero-order valence-corrected chi connectivity index (χ0v) is 16.9. The standard InChI is InChI=1S/C24H23F3N2O2/c25-24(26,27)17-9-6-10-18(13-17)28-22(30)15-29-14-20(19-11-4-5-12-21(19)29)23(31)16-7-2-1-3-8-16/h4-6,9-14,16H,1-3,7-8,15H2,(H,28,30). The monoisotopic (exact) mass is 428 g/mol. The minimum atomic E-state index is -4.48. The first-order chi connectivity index (χ1) is 14.8. The Morgan fingerprint density at radius 3 is 2.48 bits per heavy atom. The molecule has 1 aliphatic carbocycles. The lowest BCUT2D eigenvalue weighted by atomic mass is 9.84. The maximum Gasteiger partial charge on any atom is 0.416 e. The quantitative estimate of drug-likeness (QED) is 0.502. The van der Waals surface area contributed by atoms with Gasteiger partial charge in [0, 0.05) is 34.3 Å². The Bertz CT molecular complexity index is 1110. The number of anilines is 1. The number of fused-ring (bicyclic) bond motifs is 1. The van der Waals surface area contributed by atoms with Gasteiger partial charge in [0.2, 0.25) is 5.91 Å². The number of amides is 1. The molecule has 1 aromatic heterocycles. The van der Waals surface area contributed by atoms with E-state index in [1.54, 1.807) is 10.8 Å². The molecule has 4 rings (SSSR count). The molecule has 1 saturated carbocycles. The molecule has 162 valence electrons. The summed E-state index contributed by atoms with van der Waals surface area (Å²) in [5.41, 5.74) is 0.613. The number of para-hydroxylation sites is 1. The van der Waals surface area contributed by atoms with E-state index in [4.69, 9.17) is 0 Å². The number of alkyl halides is 3. The van der Waals surface area contributed by atoms with E-state index in [1.165, 1.54) is 12.1 Å². The Kier molecular flexibility index (Phi) is 5.85. The summed E-state index contributed by atoms with van der Waals surface area (Å²) in [5.74, 6) is -0.350. The predicted octanol–water partition coefficient (Wildman–Crippen LogP) is 6.06. The first-order valence-electron chi connectivity index (χ1n) is 10.4. The van der Waals surface area contributed by atoms with Crippen LogP contribution in [-0.2, 0) is 17.5 Å². The molecule has 1 fully saturated rings. The van der Waals surface area contributed by atoms with Crippen LogP contribution < -0.4 is 5.32 Å². The fourth-order valence-electron chi connectivity index (χ4n) is 4.29. The molecule has 0 atom stereocenters. The smallest absolute Gasteiger partial charge is 0.337 e. The molecule has 4 nitrogen and oxygen atoms in total. The third-order valence-electron chi connectivity index (χ3n) is 5.82. The number of rotatable bonds is 5. The number of carbonyl (C=O) groups excluding carboxylic acids is 2. The molecule has 2 aromatic carbocycles. The second-order valence-corrected chi connectivity index (χ2v) is 8.01. The molecule has 0 unspecified atom stereocenters. The second kappa shape index (κ2) is 8.57. The molecule has 1 heterocycles. The number of carbonyl (C=O) groups is 2. The SMILES string of the molecule is O=C(Cn1cc(C(=O)C2CCCCC2)c2ccccc21)Nc1cccc(C(F)(F)F)c1. The normalized spacial score (nSPS) is 15.2. The molecular weight excluding hydrogens is 405 g/mol. The molecule has 0 aliphatic heterocycles. The van der Waals surface area contributed by atoms with Gasteiger partial charge in [-0.3, -0.25) is 9.59 Å². The first kappa shape index (κ1) is 21.2. The van der Waals surface area contributed by atoms with E-state index >= 15 is 0 Å². The molecule has 0 radical (unpaired) electrons. The van der Waals surface area contributed by atoms with Crippen LogP contribution in [0.2, 0.25) is 0 Å². The van der Waals surface area contributed by atoms with E-state index in [-0.39, 0.29) is 23.9 Å². The fraction of sp³-hybridized carbons (Fsp3) is 0.333. The number of nitrogens with zero attached hydrogens (tertiary/aromatic N) is 1. The average molecular weight is 428 g/mol. The predicted molar refractivity (Wildman–Crippen MR) is 113 cm³/mol. The summed E-state index contributed by atoms with van der Waals surface area (Å²) in [7, 11) is 0. The average Bonchev–Trinajstić information content (AvgIpc) is 3.12. The molecule has 3 aromatic rings. The molecule has 1 amide bonds. The van der Waals surface area contributed by atoms with E-state index in [0.29, 0.717) is 5.56 Å². The van der Waals surface area contributed by atoms with Gasteiger partial charge < -0.3 is 9.88 Å². The van der Waals surface area contributed by atoms with Gasteiger partial charge in [-0.05, 0) is 37.1 Å². The van der Waals surface area contributed by atoms with Gasteiger partial charge >= 0.3 is 6.18 Å². The summed E-state index contributed by atoms with van der Waals surface area (Å²) in [5, 5.41) is 3.32. The summed E-state index contributed by atoms with van der Waals surface area (Å²) in [4.78, 5) is 25.7. The Balaban J connectivity index is 1.56. The topological polar surface area (TPSA) is 51.1 Å². The summed E-state index contributed by atoms with van der Waals surface area (Å²) in [6, 6.07) is 11.9. The summed E-state index contributed by atoms with van der Waals surface area (Å²) >= 11 is 0. The summed E-state index contributed by atoms with van der Waals surface area (Å²) in [6.07, 6.45) is 2.24. The van der Waals surface area contributed by atoms with Crippen LogP contribution in [0.3, 0.4) is 0 Å². The lowest BCUT2D eigenvalue weighted by Crippen LogP contribution is -2.19. The maximum absolute atomic E-state index is 13.1. The molecular formula is C24H23F3N2O2. The zero-order valence-electron chi connectivity index (χ0n) is 16.9. The van der Waals surface area contributed by atoms with E-state index < -0.39 is 17.6 Å². The van der Waals surface area contributed by atoms with Crippen molar-refractivity contribution >= 4 is 28.3 Å². The summed E-state index contributed by atoms with van der Waals surface area (Å²) in [6.45, 7) is -0.102. The van der Waals surface area contributed by atoms with Crippen molar-refractivity contribution in [2.45, 2.75) is 44.8 Å². The van der Waals surface area contributed by atoms with E-state index in [2.05, 4.69) is 5.32 Å². The highest BCUT2D eigenvalue weighted by Gasteiger charge is 2.30. The van der Waals surface area contributed by atoms with Crippen LogP contribution in [0.5, 0.6) is 0 Å². The van der Waals surface area contributed by atoms with Gasteiger partial charge in [-0.1, -0.05) is 43.5 Å². The minimum Gasteiger partial charge on any atom is -0.337 e. The van der Waals surface area contributed by atoms with E-state index in [0.717, 1.165) is 55.1 Å². The van der Waals surface area contributed by atoms with Gasteiger partial charge in [-0.2, -0.15) is 13.2 Å². The molecule has 7 heteroatoms. The number of benzene rings is 2. The van der Waals surface area contributed by atoms with Gasteiger partial charge in [-0.25, -0.2) is 0 Å². The van der Waals surface area contributed by atoms with Crippen molar-refractivity contribution in [3.8, 4) is 0 Å². The number of hydrogen-bond acceptors (Lipinski definition) is 2. The van der Waals surface area contributed by atoms with Gasteiger partial charge in [-0.15, -0.1) is 0 Å². The highest BCUT2D eigenvalue weighted by molar-refractivity contribution is 6.09. The van der Waals surface area contributed by atoms with Crippen molar-refractivity contribution in [3.63, 3.8) is 0 Å². The highest BCUT2D eigenvalue weighted by atomic mass is 19.4. The number of nitrogens with one attached hydrogen (secondary N) is 1. The largest absolute Gasteiger partial charge is 0.416 e. The maximum atomic E-state index is 13.1. The van der Waals surface area contributed by atoms with Crippen molar-refractivity contribution in [2.75, 3.05) is 5.32 Å². The Hall–Kier alpha value is -3.09. The third kappa shape index (κ3) is 4.65.